The molecule has 0 atom stereocenters. The summed E-state index contributed by atoms with van der Waals surface area (Å²) in [6, 6.07) is 13.8. The van der Waals surface area contributed by atoms with E-state index in [0.29, 0.717) is 18.9 Å². The highest BCUT2D eigenvalue weighted by Crippen LogP contribution is 2.31. The molecule has 0 aliphatic heterocycles. The maximum Gasteiger partial charge on any atom is 0.353 e. The second-order valence-corrected chi connectivity index (χ2v) is 6.78. The number of thiophene rings is 1. The van der Waals surface area contributed by atoms with Crippen molar-refractivity contribution in [2.75, 3.05) is 23.8 Å². The number of hydrogen-bond donors (Lipinski definition) is 1. The topological polar surface area (TPSA) is 84.2 Å². The predicted octanol–water partition coefficient (Wildman–Crippen LogP) is 3.74. The fourth-order valence-electron chi connectivity index (χ4n) is 2.64. The van der Waals surface area contributed by atoms with Gasteiger partial charge in [-0.3, -0.25) is 10.1 Å². The van der Waals surface area contributed by atoms with Crippen LogP contribution in [-0.2, 0) is 13.0 Å². The molecule has 1 N–H and O–H groups in total. The molecule has 0 unspecified atom stereocenters. The van der Waals surface area contributed by atoms with Crippen molar-refractivity contribution in [1.29, 1.82) is 0 Å². The van der Waals surface area contributed by atoms with E-state index in [1.165, 1.54) is 11.2 Å². The Labute approximate surface area is 155 Å². The molecular weight excluding hydrogens is 350 g/mol. The van der Waals surface area contributed by atoms with Gasteiger partial charge >= 0.3 is 5.69 Å². The number of benzene rings is 1. The van der Waals surface area contributed by atoms with Crippen molar-refractivity contribution in [3.05, 3.63) is 74.7 Å². The number of anilines is 2. The highest BCUT2D eigenvalue weighted by Gasteiger charge is 2.25. The first-order valence-electron chi connectivity index (χ1n) is 8.16. The number of nitro groups is 1. The van der Waals surface area contributed by atoms with Gasteiger partial charge in [-0.05, 0) is 23.4 Å². The number of nitrogens with zero attached hydrogens (tertiary/aromatic N) is 4. The van der Waals surface area contributed by atoms with E-state index in [1.807, 2.05) is 47.8 Å². The second kappa shape index (κ2) is 8.39. The van der Waals surface area contributed by atoms with Gasteiger partial charge in [0.05, 0.1) is 4.92 Å². The smallest absolute Gasteiger partial charge is 0.353 e. The van der Waals surface area contributed by atoms with Gasteiger partial charge in [-0.25, -0.2) is 9.97 Å². The van der Waals surface area contributed by atoms with Crippen molar-refractivity contribution < 1.29 is 4.92 Å². The van der Waals surface area contributed by atoms with E-state index in [9.17, 15) is 10.1 Å². The van der Waals surface area contributed by atoms with Crippen LogP contribution in [-0.4, -0.2) is 28.5 Å². The fraction of sp³-hybridized carbons (Fsp3) is 0.222. The summed E-state index contributed by atoms with van der Waals surface area (Å²) >= 11 is 1.66. The largest absolute Gasteiger partial charge is 0.364 e. The number of hydrogen-bond acceptors (Lipinski definition) is 7. The second-order valence-electron chi connectivity index (χ2n) is 5.75. The van der Waals surface area contributed by atoms with Gasteiger partial charge in [-0.15, -0.1) is 11.3 Å². The molecule has 0 saturated carbocycles. The first-order chi connectivity index (χ1) is 12.6. The minimum atomic E-state index is -0.426. The van der Waals surface area contributed by atoms with Gasteiger partial charge in [-0.1, -0.05) is 36.4 Å². The quantitative estimate of drug-likeness (QED) is 0.481. The van der Waals surface area contributed by atoms with Crippen LogP contribution in [0.4, 0.5) is 17.3 Å². The van der Waals surface area contributed by atoms with E-state index in [-0.39, 0.29) is 11.5 Å². The number of rotatable bonds is 8. The summed E-state index contributed by atoms with van der Waals surface area (Å²) in [5.41, 5.74) is 0.951. The van der Waals surface area contributed by atoms with Crippen molar-refractivity contribution in [3.8, 4) is 0 Å². The van der Waals surface area contributed by atoms with Crippen LogP contribution in [0, 0.1) is 10.1 Å². The van der Waals surface area contributed by atoms with Gasteiger partial charge < -0.3 is 10.2 Å². The Morgan fingerprint density at radius 1 is 1.19 bits per heavy atom. The third-order valence-corrected chi connectivity index (χ3v) is 4.79. The van der Waals surface area contributed by atoms with Gasteiger partial charge in [0.15, 0.2) is 0 Å². The molecule has 1 aromatic carbocycles. The zero-order valence-electron chi connectivity index (χ0n) is 14.3. The van der Waals surface area contributed by atoms with E-state index in [0.717, 1.165) is 12.0 Å². The van der Waals surface area contributed by atoms with Crippen LogP contribution in [0.5, 0.6) is 0 Å². The third kappa shape index (κ3) is 4.34. The summed E-state index contributed by atoms with van der Waals surface area (Å²) in [5.74, 6) is 0.545. The molecule has 3 aromatic rings. The first-order valence-corrected chi connectivity index (χ1v) is 9.04. The van der Waals surface area contributed by atoms with Crippen LogP contribution in [0.3, 0.4) is 0 Å². The van der Waals surface area contributed by atoms with Crippen molar-refractivity contribution in [2.45, 2.75) is 13.0 Å². The van der Waals surface area contributed by atoms with Crippen LogP contribution >= 0.6 is 11.3 Å². The summed E-state index contributed by atoms with van der Waals surface area (Å²) in [6.45, 7) is 1.09. The van der Waals surface area contributed by atoms with Crippen LogP contribution in [0.25, 0.3) is 0 Å². The highest BCUT2D eigenvalue weighted by molar-refractivity contribution is 7.09. The zero-order chi connectivity index (χ0) is 18.4. The molecule has 7 nitrogen and oxygen atoms in total. The molecule has 0 bridgehead atoms. The van der Waals surface area contributed by atoms with E-state index >= 15 is 0 Å². The average Bonchev–Trinajstić information content (AvgIpc) is 3.15. The van der Waals surface area contributed by atoms with E-state index in [1.54, 1.807) is 23.3 Å². The molecule has 0 fully saturated rings. The molecule has 8 heteroatoms. The number of nitrogens with one attached hydrogen (secondary N) is 1. The van der Waals surface area contributed by atoms with E-state index in [4.69, 9.17) is 0 Å². The SMILES string of the molecule is CN(Cc1ccccc1)c1ncnc(NCCc2cccs2)c1[N+](=O)[O-]. The summed E-state index contributed by atoms with van der Waals surface area (Å²) in [5, 5.41) is 16.7. The molecule has 26 heavy (non-hydrogen) atoms. The van der Waals surface area contributed by atoms with E-state index in [2.05, 4.69) is 15.3 Å². The highest BCUT2D eigenvalue weighted by atomic mass is 32.1. The normalized spacial score (nSPS) is 10.5. The molecule has 0 aliphatic carbocycles. The lowest BCUT2D eigenvalue weighted by Crippen LogP contribution is -2.20. The van der Waals surface area contributed by atoms with Crippen LogP contribution in [0.1, 0.15) is 10.4 Å². The van der Waals surface area contributed by atoms with Crippen LogP contribution < -0.4 is 10.2 Å². The molecule has 2 heterocycles. The van der Waals surface area contributed by atoms with Gasteiger partial charge in [0.2, 0.25) is 11.6 Å². The van der Waals surface area contributed by atoms with Gasteiger partial charge in [0.1, 0.15) is 6.33 Å². The summed E-state index contributed by atoms with van der Waals surface area (Å²) in [7, 11) is 1.79. The third-order valence-electron chi connectivity index (χ3n) is 3.85. The Kier molecular flexibility index (Phi) is 5.75. The maximum absolute atomic E-state index is 11.7. The summed E-state index contributed by atoms with van der Waals surface area (Å²) < 4.78 is 0. The molecule has 134 valence electrons. The molecule has 0 radical (unpaired) electrons. The lowest BCUT2D eigenvalue weighted by atomic mass is 10.2. The van der Waals surface area contributed by atoms with Crippen LogP contribution in [0.2, 0.25) is 0 Å². The fourth-order valence-corrected chi connectivity index (χ4v) is 3.35. The van der Waals surface area contributed by atoms with Crippen molar-refractivity contribution in [1.82, 2.24) is 9.97 Å². The minimum absolute atomic E-state index is 0.0999. The Morgan fingerprint density at radius 2 is 2.00 bits per heavy atom. The van der Waals surface area contributed by atoms with Crippen molar-refractivity contribution in [3.63, 3.8) is 0 Å². The van der Waals surface area contributed by atoms with Crippen LogP contribution in [0.15, 0.2) is 54.2 Å². The average molecular weight is 369 g/mol. The monoisotopic (exact) mass is 369 g/mol. The Morgan fingerprint density at radius 3 is 2.69 bits per heavy atom. The molecule has 0 spiro atoms. The van der Waals surface area contributed by atoms with Gasteiger partial charge in [0, 0.05) is 25.0 Å². The van der Waals surface area contributed by atoms with Gasteiger partial charge in [-0.2, -0.15) is 0 Å². The summed E-state index contributed by atoms with van der Waals surface area (Å²) in [6.07, 6.45) is 2.14. The lowest BCUT2D eigenvalue weighted by Gasteiger charge is -2.19. The van der Waals surface area contributed by atoms with E-state index < -0.39 is 4.92 Å². The standard InChI is InChI=1S/C18H19N5O2S/c1-22(12-14-6-3-2-4-7-14)18-16(23(24)25)17(20-13-21-18)19-10-9-15-8-5-11-26-15/h2-8,11,13H,9-10,12H2,1H3,(H,19,20,21). The lowest BCUT2D eigenvalue weighted by molar-refractivity contribution is -0.383. The van der Waals surface area contributed by atoms with Crippen molar-refractivity contribution in [2.24, 2.45) is 0 Å². The molecule has 0 amide bonds. The minimum Gasteiger partial charge on any atom is -0.364 e. The Balaban J connectivity index is 1.77. The van der Waals surface area contributed by atoms with Crippen molar-refractivity contribution >= 4 is 28.7 Å². The predicted molar refractivity (Wildman–Crippen MR) is 104 cm³/mol. The maximum atomic E-state index is 11.7. The molecule has 3 rings (SSSR count). The van der Waals surface area contributed by atoms with Gasteiger partial charge in [0.25, 0.3) is 0 Å². The molecular formula is C18H19N5O2S. The Bertz CT molecular complexity index is 855. The zero-order valence-corrected chi connectivity index (χ0v) is 15.1. The molecule has 2 aromatic heterocycles. The summed E-state index contributed by atoms with van der Waals surface area (Å²) in [4.78, 5) is 22.4. The first kappa shape index (κ1) is 17.8. The number of aromatic nitrogens is 2. The Hall–Kier alpha value is -3.00. The molecule has 0 aliphatic rings. The molecule has 0 saturated heterocycles.